The van der Waals surface area contributed by atoms with Crippen molar-refractivity contribution in [3.8, 4) is 11.4 Å². The number of fused-ring (bicyclic) bond motifs is 1. The summed E-state index contributed by atoms with van der Waals surface area (Å²) in [6.07, 6.45) is 4.67. The van der Waals surface area contributed by atoms with Crippen molar-refractivity contribution in [2.45, 2.75) is 46.1 Å². The third-order valence-corrected chi connectivity index (χ3v) is 5.57. The summed E-state index contributed by atoms with van der Waals surface area (Å²) in [6, 6.07) is 14.4. The van der Waals surface area contributed by atoms with Gasteiger partial charge in [-0.1, -0.05) is 18.6 Å². The molecule has 0 unspecified atom stereocenters. The average molecular weight is 392 g/mol. The van der Waals surface area contributed by atoms with Crippen LogP contribution in [0.1, 0.15) is 36.2 Å². The van der Waals surface area contributed by atoms with Crippen LogP contribution in [0.15, 0.2) is 42.5 Å². The molecule has 2 aromatic carbocycles. The summed E-state index contributed by atoms with van der Waals surface area (Å²) in [5.74, 6) is 2.06. The van der Waals surface area contributed by atoms with Gasteiger partial charge in [-0.15, -0.1) is 10.2 Å². The zero-order chi connectivity index (χ0) is 19.5. The van der Waals surface area contributed by atoms with Crippen LogP contribution < -0.4 is 10.6 Å². The van der Waals surface area contributed by atoms with Gasteiger partial charge in [0.25, 0.3) is 0 Å². The predicted molar refractivity (Wildman–Crippen MR) is 119 cm³/mol. The quantitative estimate of drug-likeness (QED) is 0.609. The highest BCUT2D eigenvalue weighted by molar-refractivity contribution is 7.80. The Balaban J connectivity index is 1.46. The number of aryl methyl sites for hydroxylation is 2. The summed E-state index contributed by atoms with van der Waals surface area (Å²) >= 11 is 5.48. The Kier molecular flexibility index (Phi) is 5.39. The summed E-state index contributed by atoms with van der Waals surface area (Å²) < 4.78 is 2.27. The number of benzene rings is 2. The number of nitrogens with zero attached hydrogens (tertiary/aromatic N) is 3. The Bertz CT molecular complexity index is 991. The molecule has 0 saturated heterocycles. The molecule has 0 bridgehead atoms. The summed E-state index contributed by atoms with van der Waals surface area (Å²) in [5, 5.41) is 15.9. The third kappa shape index (κ3) is 3.92. The maximum absolute atomic E-state index is 5.48. The van der Waals surface area contributed by atoms with Crippen LogP contribution in [-0.2, 0) is 13.0 Å². The van der Waals surface area contributed by atoms with Crippen molar-refractivity contribution < 1.29 is 0 Å². The van der Waals surface area contributed by atoms with Crippen LogP contribution in [0.25, 0.3) is 11.4 Å². The Morgan fingerprint density at radius 2 is 1.79 bits per heavy atom. The third-order valence-electron chi connectivity index (χ3n) is 5.36. The molecule has 0 saturated carbocycles. The van der Waals surface area contributed by atoms with Crippen molar-refractivity contribution in [2.75, 3.05) is 10.6 Å². The molecule has 5 nitrogen and oxygen atoms in total. The summed E-state index contributed by atoms with van der Waals surface area (Å²) in [6.45, 7) is 5.19. The molecule has 2 heterocycles. The molecule has 1 aromatic heterocycles. The van der Waals surface area contributed by atoms with Gasteiger partial charge < -0.3 is 15.2 Å². The predicted octanol–water partition coefficient (Wildman–Crippen LogP) is 5.10. The van der Waals surface area contributed by atoms with Gasteiger partial charge in [0.05, 0.1) is 0 Å². The van der Waals surface area contributed by atoms with Crippen LogP contribution in [0.5, 0.6) is 0 Å². The average Bonchev–Trinajstić information content (AvgIpc) is 2.94. The van der Waals surface area contributed by atoms with Gasteiger partial charge in [-0.25, -0.2) is 0 Å². The molecule has 3 aromatic rings. The second-order valence-electron chi connectivity index (χ2n) is 7.31. The fourth-order valence-electron chi connectivity index (χ4n) is 3.57. The highest BCUT2D eigenvalue weighted by Crippen LogP contribution is 2.24. The number of anilines is 2. The van der Waals surface area contributed by atoms with E-state index in [4.69, 9.17) is 12.2 Å². The van der Waals surface area contributed by atoms with Crippen LogP contribution in [0, 0.1) is 13.8 Å². The van der Waals surface area contributed by atoms with Crippen molar-refractivity contribution >= 4 is 28.7 Å². The minimum absolute atomic E-state index is 0.581. The first-order valence-electron chi connectivity index (χ1n) is 9.78. The van der Waals surface area contributed by atoms with Gasteiger partial charge in [0.15, 0.2) is 10.9 Å². The van der Waals surface area contributed by atoms with E-state index in [0.717, 1.165) is 41.6 Å². The van der Waals surface area contributed by atoms with Crippen LogP contribution in [0.3, 0.4) is 0 Å². The maximum atomic E-state index is 5.48. The highest BCUT2D eigenvalue weighted by Gasteiger charge is 2.15. The van der Waals surface area contributed by atoms with Gasteiger partial charge in [-0.05, 0) is 80.4 Å². The topological polar surface area (TPSA) is 54.8 Å². The number of hydrogen-bond donors (Lipinski definition) is 2. The Morgan fingerprint density at radius 1 is 0.964 bits per heavy atom. The highest BCUT2D eigenvalue weighted by atomic mass is 32.1. The van der Waals surface area contributed by atoms with E-state index in [2.05, 4.69) is 57.4 Å². The molecule has 28 heavy (non-hydrogen) atoms. The molecule has 1 aliphatic rings. The standard InChI is InChI=1S/C22H25N5S/c1-15-7-6-8-19(16(15)2)24-22(28)23-18-12-10-17(11-13-18)21-26-25-20-9-4-3-5-14-27(20)21/h6-8,10-13H,3-5,9,14H2,1-2H3,(H2,23,24,28). The first-order chi connectivity index (χ1) is 13.6. The van der Waals surface area contributed by atoms with E-state index in [0.29, 0.717) is 5.11 Å². The van der Waals surface area contributed by atoms with Gasteiger partial charge in [-0.2, -0.15) is 0 Å². The lowest BCUT2D eigenvalue weighted by atomic mass is 10.1. The van der Waals surface area contributed by atoms with Crippen molar-refractivity contribution in [3.63, 3.8) is 0 Å². The van der Waals surface area contributed by atoms with Gasteiger partial charge in [0.1, 0.15) is 5.82 Å². The van der Waals surface area contributed by atoms with E-state index in [1.54, 1.807) is 0 Å². The molecule has 144 valence electrons. The molecule has 1 aliphatic heterocycles. The minimum Gasteiger partial charge on any atom is -0.332 e. The zero-order valence-corrected chi connectivity index (χ0v) is 17.1. The van der Waals surface area contributed by atoms with E-state index in [1.165, 1.54) is 30.4 Å². The van der Waals surface area contributed by atoms with E-state index >= 15 is 0 Å². The Labute approximate surface area is 171 Å². The fraction of sp³-hybridized carbons (Fsp3) is 0.318. The minimum atomic E-state index is 0.581. The van der Waals surface area contributed by atoms with E-state index in [9.17, 15) is 0 Å². The SMILES string of the molecule is Cc1cccc(NC(=S)Nc2ccc(-c3nnc4n3CCCCC4)cc2)c1C. The molecule has 0 atom stereocenters. The van der Waals surface area contributed by atoms with Gasteiger partial charge in [-0.3, -0.25) is 0 Å². The number of rotatable bonds is 3. The van der Waals surface area contributed by atoms with Crippen LogP contribution >= 0.6 is 12.2 Å². The number of nitrogens with one attached hydrogen (secondary N) is 2. The second-order valence-corrected chi connectivity index (χ2v) is 7.71. The number of hydrogen-bond acceptors (Lipinski definition) is 3. The first kappa shape index (κ1) is 18.6. The zero-order valence-electron chi connectivity index (χ0n) is 16.3. The van der Waals surface area contributed by atoms with Gasteiger partial charge in [0.2, 0.25) is 0 Å². The van der Waals surface area contributed by atoms with Crippen molar-refractivity contribution in [1.82, 2.24) is 14.8 Å². The summed E-state index contributed by atoms with van der Waals surface area (Å²) in [4.78, 5) is 0. The molecule has 0 spiro atoms. The van der Waals surface area contributed by atoms with E-state index in [-0.39, 0.29) is 0 Å². The molecule has 6 heteroatoms. The molecule has 4 rings (SSSR count). The summed E-state index contributed by atoms with van der Waals surface area (Å²) in [7, 11) is 0. The number of thiocarbonyl (C=S) groups is 1. The summed E-state index contributed by atoms with van der Waals surface area (Å²) in [5.41, 5.74) is 5.50. The molecular formula is C22H25N5S. The lowest BCUT2D eigenvalue weighted by molar-refractivity contribution is 0.636. The largest absolute Gasteiger partial charge is 0.332 e. The molecule has 0 aliphatic carbocycles. The second kappa shape index (κ2) is 8.10. The van der Waals surface area contributed by atoms with Crippen molar-refractivity contribution in [1.29, 1.82) is 0 Å². The molecule has 0 fully saturated rings. The molecule has 2 N–H and O–H groups in total. The Hall–Kier alpha value is -2.73. The van der Waals surface area contributed by atoms with Crippen LogP contribution in [-0.4, -0.2) is 19.9 Å². The lowest BCUT2D eigenvalue weighted by Crippen LogP contribution is -2.19. The monoisotopic (exact) mass is 391 g/mol. The van der Waals surface area contributed by atoms with Crippen LogP contribution in [0.4, 0.5) is 11.4 Å². The normalized spacial score (nSPS) is 13.5. The van der Waals surface area contributed by atoms with Gasteiger partial charge >= 0.3 is 0 Å². The fourth-order valence-corrected chi connectivity index (χ4v) is 3.80. The lowest BCUT2D eigenvalue weighted by Gasteiger charge is -2.14. The molecule has 0 amide bonds. The van der Waals surface area contributed by atoms with Crippen molar-refractivity contribution in [2.24, 2.45) is 0 Å². The van der Waals surface area contributed by atoms with E-state index < -0.39 is 0 Å². The Morgan fingerprint density at radius 3 is 2.61 bits per heavy atom. The van der Waals surface area contributed by atoms with E-state index in [1.807, 2.05) is 24.3 Å². The van der Waals surface area contributed by atoms with Crippen molar-refractivity contribution in [3.05, 3.63) is 59.4 Å². The van der Waals surface area contributed by atoms with Crippen LogP contribution in [0.2, 0.25) is 0 Å². The maximum Gasteiger partial charge on any atom is 0.175 e. The smallest absolute Gasteiger partial charge is 0.175 e. The first-order valence-corrected chi connectivity index (χ1v) is 10.2. The molecule has 0 radical (unpaired) electrons. The number of aromatic nitrogens is 3. The van der Waals surface area contributed by atoms with Gasteiger partial charge in [0, 0.05) is 29.9 Å². The molecular weight excluding hydrogens is 366 g/mol.